The number of alkyl halides is 3. The van der Waals surface area contributed by atoms with Gasteiger partial charge in [0.05, 0.1) is 11.5 Å². The number of allylic oxidation sites excluding steroid dienone is 1. The summed E-state index contributed by atoms with van der Waals surface area (Å²) in [6, 6.07) is 0. The largest absolute Gasteiger partial charge is 0.460 e. The molecule has 0 unspecified atom stereocenters. The summed E-state index contributed by atoms with van der Waals surface area (Å²) >= 11 is 0. The quantitative estimate of drug-likeness (QED) is 0.266. The Labute approximate surface area is 158 Å². The third-order valence-electron chi connectivity index (χ3n) is 5.01. The molecule has 0 N–H and O–H groups in total. The van der Waals surface area contributed by atoms with E-state index < -0.39 is 53.1 Å². The van der Waals surface area contributed by atoms with E-state index in [0.29, 0.717) is 0 Å². The van der Waals surface area contributed by atoms with E-state index in [9.17, 15) is 35.5 Å². The highest BCUT2D eigenvalue weighted by Crippen LogP contribution is 2.58. The van der Waals surface area contributed by atoms with Crippen LogP contribution in [0.25, 0.3) is 0 Å². The minimum atomic E-state index is -4.19. The summed E-state index contributed by atoms with van der Waals surface area (Å²) in [5, 5.41) is 0. The third-order valence-corrected chi connectivity index (χ3v) is 5.01. The molecule has 1 aromatic carbocycles. The molecule has 9 heteroatoms. The fourth-order valence-corrected chi connectivity index (χ4v) is 2.80. The molecule has 0 saturated heterocycles. The molecule has 0 bridgehead atoms. The zero-order valence-electron chi connectivity index (χ0n) is 15.8. The topological polar surface area (TPSA) is 26.3 Å². The molecule has 2 atom stereocenters. The van der Waals surface area contributed by atoms with Crippen LogP contribution in [0.3, 0.4) is 0 Å². The molecule has 1 fully saturated rings. The smallest absolute Gasteiger partial charge is 0.409 e. The average molecular weight is 414 g/mol. The summed E-state index contributed by atoms with van der Waals surface area (Å²) in [5.41, 5.74) is -1.79. The van der Waals surface area contributed by atoms with Crippen molar-refractivity contribution < 1.29 is 40.3 Å². The molecule has 28 heavy (non-hydrogen) atoms. The molecular formula is C19H21F7O2. The van der Waals surface area contributed by atoms with Crippen molar-refractivity contribution in [3.63, 3.8) is 0 Å². The van der Waals surface area contributed by atoms with Gasteiger partial charge in [0.15, 0.2) is 23.3 Å². The van der Waals surface area contributed by atoms with Crippen LogP contribution in [0.5, 0.6) is 0 Å². The lowest BCUT2D eigenvalue weighted by Gasteiger charge is -2.12. The average Bonchev–Trinajstić information content (AvgIpc) is 3.11. The van der Waals surface area contributed by atoms with E-state index in [-0.39, 0.29) is 29.7 Å². The van der Waals surface area contributed by atoms with Crippen LogP contribution in [-0.4, -0.2) is 12.1 Å². The molecule has 1 aromatic rings. The summed E-state index contributed by atoms with van der Waals surface area (Å²) < 4.78 is 91.8. The van der Waals surface area contributed by atoms with Crippen molar-refractivity contribution in [2.75, 3.05) is 0 Å². The van der Waals surface area contributed by atoms with E-state index in [0.717, 1.165) is 0 Å². The van der Waals surface area contributed by atoms with Crippen molar-refractivity contribution in [3.05, 3.63) is 47.1 Å². The van der Waals surface area contributed by atoms with Crippen LogP contribution in [0.1, 0.15) is 38.8 Å². The summed E-state index contributed by atoms with van der Waals surface area (Å²) in [5.74, 6) is -6.79. The first-order chi connectivity index (χ1) is 12.7. The Balaban J connectivity index is 0.000000568. The van der Waals surface area contributed by atoms with Crippen molar-refractivity contribution >= 4 is 5.97 Å². The number of esters is 1. The minimum absolute atomic E-state index is 0.0625. The predicted octanol–water partition coefficient (Wildman–Crippen LogP) is 5.88. The second kappa shape index (κ2) is 8.53. The lowest BCUT2D eigenvalue weighted by atomic mass is 10.1. The van der Waals surface area contributed by atoms with E-state index in [4.69, 9.17) is 4.74 Å². The maximum absolute atomic E-state index is 13.8. The van der Waals surface area contributed by atoms with Gasteiger partial charge in [0.2, 0.25) is 0 Å². The predicted molar refractivity (Wildman–Crippen MR) is 88.1 cm³/mol. The van der Waals surface area contributed by atoms with Crippen LogP contribution >= 0.6 is 0 Å². The standard InChI is InChI=1S/C16H18F4O2.C3H3F3/c1-5-8-11(17)13(19)9(14(20)12(8)18)6-22-15(21)10-7(2)16(10,3)4;1-2-3(4,5)6/h7,10H,5-6H2,1-4H3;2H,1H2/t7-,10-;/m0./s1. The van der Waals surface area contributed by atoms with Crippen molar-refractivity contribution in [2.45, 2.75) is 46.9 Å². The number of hydrogen-bond donors (Lipinski definition) is 0. The number of benzene rings is 1. The molecule has 0 heterocycles. The lowest BCUT2D eigenvalue weighted by molar-refractivity contribution is -0.147. The maximum Gasteiger partial charge on any atom is 0.409 e. The van der Waals surface area contributed by atoms with Crippen LogP contribution in [0, 0.1) is 40.5 Å². The van der Waals surface area contributed by atoms with Crippen LogP contribution in [0.2, 0.25) is 0 Å². The summed E-state index contributed by atoms with van der Waals surface area (Å²) in [6.45, 7) is 8.68. The van der Waals surface area contributed by atoms with Gasteiger partial charge in [0.25, 0.3) is 0 Å². The molecule has 1 aliphatic carbocycles. The van der Waals surface area contributed by atoms with Crippen molar-refractivity contribution in [1.29, 1.82) is 0 Å². The van der Waals surface area contributed by atoms with Gasteiger partial charge in [-0.25, -0.2) is 17.6 Å². The number of ether oxygens (including phenoxy) is 1. The normalized spacial score (nSPS) is 20.1. The number of carbonyl (C=O) groups is 1. The van der Waals surface area contributed by atoms with E-state index in [2.05, 4.69) is 6.58 Å². The third kappa shape index (κ3) is 5.05. The molecule has 2 rings (SSSR count). The monoisotopic (exact) mass is 414 g/mol. The highest BCUT2D eigenvalue weighted by atomic mass is 19.4. The zero-order chi connectivity index (χ0) is 22.0. The van der Waals surface area contributed by atoms with Crippen LogP contribution in [0.15, 0.2) is 12.7 Å². The second-order valence-electron chi connectivity index (χ2n) is 7.01. The minimum Gasteiger partial charge on any atom is -0.460 e. The SMILES string of the molecule is C=CC(F)(F)F.CCc1c(F)c(F)c(COC(=O)[C@@H]2[C@H](C)C2(C)C)c(F)c1F. The van der Waals surface area contributed by atoms with Gasteiger partial charge in [-0.1, -0.05) is 34.3 Å². The molecule has 2 nitrogen and oxygen atoms in total. The van der Waals surface area contributed by atoms with Crippen molar-refractivity contribution in [3.8, 4) is 0 Å². The van der Waals surface area contributed by atoms with E-state index in [1.807, 2.05) is 20.8 Å². The first-order valence-electron chi connectivity index (χ1n) is 8.41. The maximum atomic E-state index is 13.8. The number of halogens is 7. The Morgan fingerprint density at radius 3 is 1.71 bits per heavy atom. The Hall–Kier alpha value is -2.06. The Kier molecular flexibility index (Phi) is 7.30. The molecule has 158 valence electrons. The molecule has 1 aliphatic rings. The van der Waals surface area contributed by atoms with E-state index >= 15 is 0 Å². The van der Waals surface area contributed by atoms with Gasteiger partial charge in [0.1, 0.15) is 6.61 Å². The molecule has 0 aliphatic heterocycles. The number of hydrogen-bond acceptors (Lipinski definition) is 2. The first-order valence-corrected chi connectivity index (χ1v) is 8.41. The summed E-state index contributed by atoms with van der Waals surface area (Å²) in [4.78, 5) is 11.9. The second-order valence-corrected chi connectivity index (χ2v) is 7.01. The van der Waals surface area contributed by atoms with Crippen molar-refractivity contribution in [1.82, 2.24) is 0 Å². The zero-order valence-corrected chi connectivity index (χ0v) is 15.8. The number of rotatable bonds is 4. The first kappa shape index (κ1) is 24.0. The summed E-state index contributed by atoms with van der Waals surface area (Å²) in [7, 11) is 0. The highest BCUT2D eigenvalue weighted by molar-refractivity contribution is 5.77. The van der Waals surface area contributed by atoms with E-state index in [1.165, 1.54) is 6.92 Å². The fourth-order valence-electron chi connectivity index (χ4n) is 2.80. The summed E-state index contributed by atoms with van der Waals surface area (Å²) in [6.07, 6.45) is -4.44. The van der Waals surface area contributed by atoms with Crippen molar-refractivity contribution in [2.24, 2.45) is 17.3 Å². The van der Waals surface area contributed by atoms with Crippen LogP contribution in [0.4, 0.5) is 30.7 Å². The molecule has 0 spiro atoms. The van der Waals surface area contributed by atoms with Gasteiger partial charge in [-0.3, -0.25) is 4.79 Å². The van der Waals surface area contributed by atoms with Crippen LogP contribution < -0.4 is 0 Å². The molecular weight excluding hydrogens is 393 g/mol. The van der Waals surface area contributed by atoms with Crippen LogP contribution in [-0.2, 0) is 22.6 Å². The lowest BCUT2D eigenvalue weighted by Crippen LogP contribution is -2.14. The fraction of sp³-hybridized carbons (Fsp3) is 0.526. The highest BCUT2D eigenvalue weighted by Gasteiger charge is 2.59. The molecule has 0 amide bonds. The molecule has 0 radical (unpaired) electrons. The Morgan fingerprint density at radius 1 is 1.07 bits per heavy atom. The molecule has 1 saturated carbocycles. The van der Waals surface area contributed by atoms with Gasteiger partial charge in [-0.05, 0) is 17.8 Å². The van der Waals surface area contributed by atoms with E-state index in [1.54, 1.807) is 0 Å². The number of carbonyl (C=O) groups excluding carboxylic acids is 1. The van der Waals surface area contributed by atoms with Gasteiger partial charge in [-0.2, -0.15) is 13.2 Å². The molecule has 0 aromatic heterocycles. The van der Waals surface area contributed by atoms with Gasteiger partial charge in [0, 0.05) is 11.6 Å². The van der Waals surface area contributed by atoms with Gasteiger partial charge in [-0.15, -0.1) is 0 Å². The Bertz CT molecular complexity index is 725. The van der Waals surface area contributed by atoms with Gasteiger partial charge >= 0.3 is 12.1 Å². The Morgan fingerprint density at radius 2 is 1.43 bits per heavy atom. The van der Waals surface area contributed by atoms with Gasteiger partial charge < -0.3 is 4.74 Å².